The van der Waals surface area contributed by atoms with E-state index in [1.807, 2.05) is 31.2 Å². The summed E-state index contributed by atoms with van der Waals surface area (Å²) in [6.07, 6.45) is -0.956. The molecule has 0 aromatic heterocycles. The molecule has 3 aromatic rings. The standard InChI is InChI=1S/C25H22N2O3/c1-17-11-13-19(14-12-17)16-27-24(28)18(2)30-25(29)23-10-6-5-9-22(23)21-8-4-3-7-20(21)15-26/h3-14,18H,16H2,1-2H3,(H,27,28)/t18-/m0/s1. The number of amides is 1. The number of rotatable bonds is 6. The van der Waals surface area contributed by atoms with E-state index in [1.54, 1.807) is 48.5 Å². The van der Waals surface area contributed by atoms with Gasteiger partial charge in [0.25, 0.3) is 5.91 Å². The summed E-state index contributed by atoms with van der Waals surface area (Å²) in [7, 11) is 0. The highest BCUT2D eigenvalue weighted by Crippen LogP contribution is 2.27. The summed E-state index contributed by atoms with van der Waals surface area (Å²) in [5, 5.41) is 12.2. The normalized spacial score (nSPS) is 11.2. The maximum Gasteiger partial charge on any atom is 0.339 e. The Balaban J connectivity index is 1.71. The van der Waals surface area contributed by atoms with Crippen LogP contribution in [-0.2, 0) is 16.1 Å². The second-order valence-corrected chi connectivity index (χ2v) is 6.95. The van der Waals surface area contributed by atoms with Crippen LogP contribution in [0.1, 0.15) is 34.0 Å². The predicted molar refractivity (Wildman–Crippen MR) is 114 cm³/mol. The molecule has 0 bridgehead atoms. The molecule has 3 rings (SSSR count). The van der Waals surface area contributed by atoms with Crippen LogP contribution in [0.3, 0.4) is 0 Å². The van der Waals surface area contributed by atoms with E-state index in [2.05, 4.69) is 11.4 Å². The summed E-state index contributed by atoms with van der Waals surface area (Å²) in [5.41, 5.74) is 4.10. The number of carbonyl (C=O) groups is 2. The van der Waals surface area contributed by atoms with Gasteiger partial charge in [-0.1, -0.05) is 66.2 Å². The Morgan fingerprint density at radius 2 is 1.60 bits per heavy atom. The highest BCUT2D eigenvalue weighted by molar-refractivity contribution is 5.99. The molecule has 1 N–H and O–H groups in total. The Morgan fingerprint density at radius 1 is 0.967 bits per heavy atom. The summed E-state index contributed by atoms with van der Waals surface area (Å²) in [5.74, 6) is -0.991. The molecule has 5 heteroatoms. The van der Waals surface area contributed by atoms with Crippen LogP contribution in [0.15, 0.2) is 72.8 Å². The molecule has 0 fully saturated rings. The van der Waals surface area contributed by atoms with Gasteiger partial charge >= 0.3 is 5.97 Å². The minimum absolute atomic E-state index is 0.304. The molecule has 0 radical (unpaired) electrons. The lowest BCUT2D eigenvalue weighted by molar-refractivity contribution is -0.129. The lowest BCUT2D eigenvalue weighted by Crippen LogP contribution is -2.35. The highest BCUT2D eigenvalue weighted by Gasteiger charge is 2.21. The third kappa shape index (κ3) is 4.92. The molecular formula is C25H22N2O3. The number of nitrogens with zero attached hydrogens (tertiary/aromatic N) is 1. The zero-order valence-electron chi connectivity index (χ0n) is 16.9. The van der Waals surface area contributed by atoms with Gasteiger partial charge in [-0.05, 0) is 37.1 Å². The number of aryl methyl sites for hydroxylation is 1. The molecule has 3 aromatic carbocycles. The van der Waals surface area contributed by atoms with Gasteiger partial charge < -0.3 is 10.1 Å². The maximum absolute atomic E-state index is 12.8. The summed E-state index contributed by atoms with van der Waals surface area (Å²) < 4.78 is 5.41. The van der Waals surface area contributed by atoms with Crippen LogP contribution in [0, 0.1) is 18.3 Å². The van der Waals surface area contributed by atoms with Crippen molar-refractivity contribution in [2.24, 2.45) is 0 Å². The van der Waals surface area contributed by atoms with Crippen molar-refractivity contribution in [2.45, 2.75) is 26.5 Å². The predicted octanol–water partition coefficient (Wildman–Crippen LogP) is 4.40. The first-order valence-corrected chi connectivity index (χ1v) is 9.62. The quantitative estimate of drug-likeness (QED) is 0.625. The lowest BCUT2D eigenvalue weighted by Gasteiger charge is -2.15. The summed E-state index contributed by atoms with van der Waals surface area (Å²) in [4.78, 5) is 25.2. The van der Waals surface area contributed by atoms with Gasteiger partial charge in [-0.3, -0.25) is 4.79 Å². The number of ether oxygens (including phenoxy) is 1. The molecule has 0 aliphatic carbocycles. The number of hydrogen-bond acceptors (Lipinski definition) is 4. The molecule has 5 nitrogen and oxygen atoms in total. The Bertz CT molecular complexity index is 1100. The number of carbonyl (C=O) groups excluding carboxylic acids is 2. The van der Waals surface area contributed by atoms with Crippen LogP contribution >= 0.6 is 0 Å². The van der Waals surface area contributed by atoms with Crippen molar-refractivity contribution in [1.82, 2.24) is 5.32 Å². The number of esters is 1. The molecule has 0 saturated heterocycles. The van der Waals surface area contributed by atoms with Crippen molar-refractivity contribution in [3.63, 3.8) is 0 Å². The molecule has 0 heterocycles. The van der Waals surface area contributed by atoms with E-state index in [0.29, 0.717) is 28.8 Å². The number of benzene rings is 3. The summed E-state index contributed by atoms with van der Waals surface area (Å²) in [6, 6.07) is 23.9. The minimum atomic E-state index is -0.956. The monoisotopic (exact) mass is 398 g/mol. The van der Waals surface area contributed by atoms with Crippen LogP contribution in [0.2, 0.25) is 0 Å². The number of hydrogen-bond donors (Lipinski definition) is 1. The average molecular weight is 398 g/mol. The molecule has 1 amide bonds. The fourth-order valence-electron chi connectivity index (χ4n) is 3.03. The zero-order valence-corrected chi connectivity index (χ0v) is 16.9. The molecular weight excluding hydrogens is 376 g/mol. The fraction of sp³-hybridized carbons (Fsp3) is 0.160. The Morgan fingerprint density at radius 3 is 2.30 bits per heavy atom. The van der Waals surface area contributed by atoms with Crippen molar-refractivity contribution in [3.05, 3.63) is 95.1 Å². The van der Waals surface area contributed by atoms with Crippen molar-refractivity contribution in [2.75, 3.05) is 0 Å². The van der Waals surface area contributed by atoms with Gasteiger partial charge in [-0.15, -0.1) is 0 Å². The highest BCUT2D eigenvalue weighted by atomic mass is 16.5. The van der Waals surface area contributed by atoms with Crippen LogP contribution in [0.5, 0.6) is 0 Å². The minimum Gasteiger partial charge on any atom is -0.449 e. The molecule has 0 aliphatic heterocycles. The van der Waals surface area contributed by atoms with E-state index in [9.17, 15) is 14.9 Å². The van der Waals surface area contributed by atoms with Gasteiger partial charge in [0, 0.05) is 12.1 Å². The summed E-state index contributed by atoms with van der Waals surface area (Å²) in [6.45, 7) is 3.89. The largest absolute Gasteiger partial charge is 0.449 e. The lowest BCUT2D eigenvalue weighted by atomic mass is 9.96. The van der Waals surface area contributed by atoms with E-state index in [1.165, 1.54) is 6.92 Å². The van der Waals surface area contributed by atoms with E-state index < -0.39 is 12.1 Å². The first kappa shape index (κ1) is 20.8. The SMILES string of the molecule is Cc1ccc(CNC(=O)[C@H](C)OC(=O)c2ccccc2-c2ccccc2C#N)cc1. The van der Waals surface area contributed by atoms with Gasteiger partial charge in [0.05, 0.1) is 17.2 Å². The molecule has 1 atom stereocenters. The molecule has 150 valence electrons. The van der Waals surface area contributed by atoms with E-state index >= 15 is 0 Å². The van der Waals surface area contributed by atoms with Gasteiger partial charge in [0.2, 0.25) is 0 Å². The zero-order chi connectivity index (χ0) is 21.5. The Labute approximate surface area is 175 Å². The van der Waals surface area contributed by atoms with Crippen molar-refractivity contribution in [3.8, 4) is 17.2 Å². The number of nitriles is 1. The van der Waals surface area contributed by atoms with Gasteiger partial charge in [0.1, 0.15) is 0 Å². The second kappa shape index (κ2) is 9.53. The Kier molecular flexibility index (Phi) is 6.61. The topological polar surface area (TPSA) is 79.2 Å². The van der Waals surface area contributed by atoms with Crippen LogP contribution < -0.4 is 5.32 Å². The van der Waals surface area contributed by atoms with E-state index in [-0.39, 0.29) is 5.91 Å². The second-order valence-electron chi connectivity index (χ2n) is 6.95. The molecule has 0 unspecified atom stereocenters. The van der Waals surface area contributed by atoms with Crippen LogP contribution in [-0.4, -0.2) is 18.0 Å². The first-order chi connectivity index (χ1) is 14.5. The maximum atomic E-state index is 12.8. The van der Waals surface area contributed by atoms with Crippen molar-refractivity contribution < 1.29 is 14.3 Å². The summed E-state index contributed by atoms with van der Waals surface area (Å²) >= 11 is 0. The van der Waals surface area contributed by atoms with Gasteiger partial charge in [0.15, 0.2) is 6.10 Å². The van der Waals surface area contributed by atoms with Gasteiger partial charge in [-0.2, -0.15) is 5.26 Å². The van der Waals surface area contributed by atoms with E-state index in [4.69, 9.17) is 4.74 Å². The molecule has 30 heavy (non-hydrogen) atoms. The van der Waals surface area contributed by atoms with Gasteiger partial charge in [-0.25, -0.2) is 4.79 Å². The third-order valence-corrected chi connectivity index (χ3v) is 4.73. The molecule has 0 saturated carbocycles. The van der Waals surface area contributed by atoms with Crippen molar-refractivity contribution >= 4 is 11.9 Å². The van der Waals surface area contributed by atoms with E-state index in [0.717, 1.165) is 11.1 Å². The first-order valence-electron chi connectivity index (χ1n) is 9.62. The number of nitrogens with one attached hydrogen (secondary N) is 1. The average Bonchev–Trinajstić information content (AvgIpc) is 2.78. The smallest absolute Gasteiger partial charge is 0.339 e. The third-order valence-electron chi connectivity index (χ3n) is 4.73. The van der Waals surface area contributed by atoms with Crippen LogP contribution in [0.25, 0.3) is 11.1 Å². The Hall–Kier alpha value is -3.91. The van der Waals surface area contributed by atoms with Crippen LogP contribution in [0.4, 0.5) is 0 Å². The molecule has 0 aliphatic rings. The molecule has 0 spiro atoms. The fourth-order valence-corrected chi connectivity index (χ4v) is 3.03. The van der Waals surface area contributed by atoms with Crippen molar-refractivity contribution in [1.29, 1.82) is 5.26 Å².